The van der Waals surface area contributed by atoms with Crippen molar-refractivity contribution >= 4 is 23.0 Å². The molecular weight excluding hydrogens is 304 g/mol. The number of hydrogen-bond donors (Lipinski definition) is 3. The van der Waals surface area contributed by atoms with Crippen molar-refractivity contribution in [1.82, 2.24) is 10.6 Å². The van der Waals surface area contributed by atoms with Gasteiger partial charge in [0.2, 0.25) is 0 Å². The summed E-state index contributed by atoms with van der Waals surface area (Å²) in [6.45, 7) is 7.68. The first-order chi connectivity index (χ1) is 11.3. The predicted molar refractivity (Wildman–Crippen MR) is 101 cm³/mol. The van der Waals surface area contributed by atoms with Gasteiger partial charge >= 0.3 is 0 Å². The first kappa shape index (κ1) is 17.3. The highest BCUT2D eigenvalue weighted by Gasteiger charge is 2.00. The summed E-state index contributed by atoms with van der Waals surface area (Å²) in [6.07, 6.45) is 1.04. The van der Waals surface area contributed by atoms with Crippen molar-refractivity contribution < 1.29 is 0 Å². The zero-order valence-corrected chi connectivity index (χ0v) is 14.7. The van der Waals surface area contributed by atoms with Gasteiger partial charge in [0.15, 0.2) is 5.96 Å². The van der Waals surface area contributed by atoms with Crippen LogP contribution in [0.25, 0.3) is 0 Å². The van der Waals surface area contributed by atoms with Gasteiger partial charge in [-0.3, -0.25) is 0 Å². The van der Waals surface area contributed by atoms with Gasteiger partial charge < -0.3 is 16.0 Å². The van der Waals surface area contributed by atoms with Crippen LogP contribution in [0.2, 0.25) is 0 Å². The van der Waals surface area contributed by atoms with Crippen LogP contribution in [0.1, 0.15) is 23.8 Å². The molecule has 124 valence electrons. The largest absolute Gasteiger partial charge is 0.385 e. The van der Waals surface area contributed by atoms with Crippen LogP contribution < -0.4 is 16.0 Å². The minimum atomic E-state index is 0.737. The van der Waals surface area contributed by atoms with Crippen molar-refractivity contribution in [2.45, 2.75) is 26.8 Å². The molecule has 0 aliphatic rings. The smallest absolute Gasteiger partial charge is 0.191 e. The lowest BCUT2D eigenvalue weighted by Gasteiger charge is -2.12. The van der Waals surface area contributed by atoms with Crippen LogP contribution in [0.5, 0.6) is 0 Å². The monoisotopic (exact) mass is 330 g/mol. The minimum absolute atomic E-state index is 0.737. The lowest BCUT2D eigenvalue weighted by Crippen LogP contribution is -2.38. The molecule has 0 aliphatic carbocycles. The number of aliphatic imine (C=N–C) groups is 1. The van der Waals surface area contributed by atoms with Gasteiger partial charge in [-0.05, 0) is 49.4 Å². The zero-order chi connectivity index (χ0) is 16.3. The highest BCUT2D eigenvalue weighted by molar-refractivity contribution is 7.10. The number of nitrogens with one attached hydrogen (secondary N) is 3. The van der Waals surface area contributed by atoms with E-state index in [0.29, 0.717) is 0 Å². The number of anilines is 1. The maximum absolute atomic E-state index is 4.66. The van der Waals surface area contributed by atoms with E-state index in [1.807, 2.05) is 18.2 Å². The third-order valence-electron chi connectivity index (χ3n) is 3.44. The number of hydrogen-bond acceptors (Lipinski definition) is 3. The number of thiophene rings is 1. The number of guanidine groups is 1. The molecule has 1 aromatic heterocycles. The Labute approximate surface area is 143 Å². The summed E-state index contributed by atoms with van der Waals surface area (Å²) in [7, 11) is 0. The molecular formula is C18H26N4S. The Balaban J connectivity index is 1.70. The molecule has 0 fully saturated rings. The zero-order valence-electron chi connectivity index (χ0n) is 13.9. The Morgan fingerprint density at radius 2 is 1.91 bits per heavy atom. The second-order valence-electron chi connectivity index (χ2n) is 5.30. The predicted octanol–water partition coefficient (Wildman–Crippen LogP) is 3.61. The van der Waals surface area contributed by atoms with Crippen LogP contribution in [0.3, 0.4) is 0 Å². The van der Waals surface area contributed by atoms with E-state index in [-0.39, 0.29) is 0 Å². The fourth-order valence-electron chi connectivity index (χ4n) is 2.14. The molecule has 0 amide bonds. The normalized spacial score (nSPS) is 11.3. The standard InChI is InChI=1S/C18H26N4S/c1-3-19-18(22-14-17-15(2)10-13-23-17)21-12-7-11-20-16-8-5-4-6-9-16/h4-6,8-10,13,20H,3,7,11-12,14H2,1-2H3,(H2,19,21,22). The number of aryl methyl sites for hydroxylation is 1. The molecule has 3 N–H and O–H groups in total. The molecule has 2 aromatic rings. The van der Waals surface area contributed by atoms with Crippen LogP contribution in [-0.2, 0) is 6.54 Å². The van der Waals surface area contributed by atoms with E-state index in [0.717, 1.165) is 38.6 Å². The van der Waals surface area contributed by atoms with Gasteiger partial charge in [0.25, 0.3) is 0 Å². The Bertz CT molecular complexity index is 592. The Morgan fingerprint density at radius 3 is 2.61 bits per heavy atom. The van der Waals surface area contributed by atoms with Crippen molar-refractivity contribution in [3.05, 3.63) is 52.2 Å². The summed E-state index contributed by atoms with van der Waals surface area (Å²) >= 11 is 1.77. The molecule has 0 atom stereocenters. The maximum Gasteiger partial charge on any atom is 0.191 e. The van der Waals surface area contributed by atoms with E-state index in [2.05, 4.69) is 58.4 Å². The average Bonchev–Trinajstić information content (AvgIpc) is 2.98. The highest BCUT2D eigenvalue weighted by Crippen LogP contribution is 2.16. The Morgan fingerprint density at radius 1 is 1.09 bits per heavy atom. The van der Waals surface area contributed by atoms with Crippen LogP contribution in [0.15, 0.2) is 46.8 Å². The summed E-state index contributed by atoms with van der Waals surface area (Å²) in [5.41, 5.74) is 2.49. The summed E-state index contributed by atoms with van der Waals surface area (Å²) in [6, 6.07) is 12.4. The molecule has 4 nitrogen and oxygen atoms in total. The van der Waals surface area contributed by atoms with E-state index in [4.69, 9.17) is 0 Å². The van der Waals surface area contributed by atoms with Crippen LogP contribution >= 0.6 is 11.3 Å². The minimum Gasteiger partial charge on any atom is -0.385 e. The SMILES string of the molecule is CCNC(=NCc1sccc1C)NCCCNc1ccccc1. The second kappa shape index (κ2) is 9.90. The molecule has 0 saturated heterocycles. The molecule has 0 bridgehead atoms. The fraction of sp³-hybridized carbons (Fsp3) is 0.389. The van der Waals surface area contributed by atoms with Crippen molar-refractivity contribution in [1.29, 1.82) is 0 Å². The number of nitrogens with zero attached hydrogens (tertiary/aromatic N) is 1. The van der Waals surface area contributed by atoms with Crippen LogP contribution in [-0.4, -0.2) is 25.6 Å². The summed E-state index contributed by atoms with van der Waals surface area (Å²) < 4.78 is 0. The third kappa shape index (κ3) is 6.32. The molecule has 5 heteroatoms. The number of rotatable bonds is 8. The van der Waals surface area contributed by atoms with Gasteiger partial charge in [0.05, 0.1) is 6.54 Å². The molecule has 23 heavy (non-hydrogen) atoms. The lowest BCUT2D eigenvalue weighted by atomic mass is 10.3. The first-order valence-corrected chi connectivity index (χ1v) is 9.01. The Kier molecular flexibility index (Phi) is 7.46. The van der Waals surface area contributed by atoms with Gasteiger partial charge in [-0.1, -0.05) is 18.2 Å². The first-order valence-electron chi connectivity index (χ1n) is 8.13. The van der Waals surface area contributed by atoms with Crippen LogP contribution in [0, 0.1) is 6.92 Å². The summed E-state index contributed by atoms with van der Waals surface area (Å²) in [4.78, 5) is 5.98. The van der Waals surface area contributed by atoms with Crippen molar-refractivity contribution in [3.63, 3.8) is 0 Å². The van der Waals surface area contributed by atoms with Gasteiger partial charge in [0, 0.05) is 30.2 Å². The molecule has 0 unspecified atom stereocenters. The quantitative estimate of drug-likeness (QED) is 0.394. The average molecular weight is 331 g/mol. The lowest BCUT2D eigenvalue weighted by molar-refractivity contribution is 0.765. The van der Waals surface area contributed by atoms with Gasteiger partial charge in [-0.25, -0.2) is 4.99 Å². The Hall–Kier alpha value is -2.01. The number of para-hydroxylation sites is 1. The van der Waals surface area contributed by atoms with Gasteiger partial charge in [-0.2, -0.15) is 0 Å². The summed E-state index contributed by atoms with van der Waals surface area (Å²) in [5.74, 6) is 0.889. The van der Waals surface area contributed by atoms with E-state index < -0.39 is 0 Å². The van der Waals surface area contributed by atoms with Crippen LogP contribution in [0.4, 0.5) is 5.69 Å². The molecule has 0 spiro atoms. The van der Waals surface area contributed by atoms with Crippen molar-refractivity contribution in [2.75, 3.05) is 25.0 Å². The number of benzene rings is 1. The topological polar surface area (TPSA) is 48.5 Å². The van der Waals surface area contributed by atoms with Crippen molar-refractivity contribution in [2.24, 2.45) is 4.99 Å². The third-order valence-corrected chi connectivity index (χ3v) is 4.45. The van der Waals surface area contributed by atoms with E-state index >= 15 is 0 Å². The molecule has 1 aromatic carbocycles. The highest BCUT2D eigenvalue weighted by atomic mass is 32.1. The molecule has 0 radical (unpaired) electrons. The van der Waals surface area contributed by atoms with Gasteiger partial charge in [-0.15, -0.1) is 11.3 Å². The second-order valence-corrected chi connectivity index (χ2v) is 6.30. The molecule has 2 rings (SSSR count). The van der Waals surface area contributed by atoms with E-state index in [9.17, 15) is 0 Å². The molecule has 1 heterocycles. The summed E-state index contributed by atoms with van der Waals surface area (Å²) in [5, 5.41) is 12.2. The maximum atomic E-state index is 4.66. The van der Waals surface area contributed by atoms with Crippen molar-refractivity contribution in [3.8, 4) is 0 Å². The van der Waals surface area contributed by atoms with E-state index in [1.165, 1.54) is 16.1 Å². The fourth-order valence-corrected chi connectivity index (χ4v) is 2.97. The van der Waals surface area contributed by atoms with Gasteiger partial charge in [0.1, 0.15) is 0 Å². The molecule has 0 saturated carbocycles. The molecule has 0 aliphatic heterocycles. The van der Waals surface area contributed by atoms with E-state index in [1.54, 1.807) is 11.3 Å².